The number of likely N-dealkylation sites (tertiary alicyclic amines) is 1. The lowest BCUT2D eigenvalue weighted by Crippen LogP contribution is -2.52. The van der Waals surface area contributed by atoms with Crippen LogP contribution in [-0.4, -0.2) is 30.6 Å². The van der Waals surface area contributed by atoms with Crippen LogP contribution in [0.15, 0.2) is 18.2 Å². The van der Waals surface area contributed by atoms with Crippen LogP contribution < -0.4 is 10.5 Å². The maximum atomic E-state index is 12.2. The Bertz CT molecular complexity index is 500. The van der Waals surface area contributed by atoms with Crippen LogP contribution in [0.3, 0.4) is 0 Å². The van der Waals surface area contributed by atoms with Crippen molar-refractivity contribution in [2.24, 2.45) is 11.1 Å². The quantitative estimate of drug-likeness (QED) is 0.890. The molecule has 1 aromatic rings. The molecule has 7 heteroatoms. The van der Waals surface area contributed by atoms with Crippen molar-refractivity contribution >= 4 is 24.0 Å². The molecule has 0 radical (unpaired) electrons. The molecule has 0 aromatic heterocycles. The first kappa shape index (κ1) is 19.4. The molecule has 2 N–H and O–H groups in total. The maximum Gasteiger partial charge on any atom is 0.387 e. The van der Waals surface area contributed by atoms with E-state index in [9.17, 15) is 8.78 Å². The topological polar surface area (TPSA) is 38.5 Å². The minimum Gasteiger partial charge on any atom is -0.433 e. The van der Waals surface area contributed by atoms with Gasteiger partial charge in [0.1, 0.15) is 5.75 Å². The van der Waals surface area contributed by atoms with Crippen molar-refractivity contribution in [1.82, 2.24) is 4.90 Å². The molecule has 1 atom stereocenters. The highest BCUT2D eigenvalue weighted by Crippen LogP contribution is 2.30. The third-order valence-electron chi connectivity index (χ3n) is 4.01. The van der Waals surface area contributed by atoms with E-state index >= 15 is 0 Å². The van der Waals surface area contributed by atoms with Gasteiger partial charge in [-0.3, -0.25) is 4.90 Å². The van der Waals surface area contributed by atoms with E-state index in [2.05, 4.69) is 23.5 Å². The highest BCUT2D eigenvalue weighted by atomic mass is 35.5. The van der Waals surface area contributed by atoms with Crippen molar-refractivity contribution < 1.29 is 13.5 Å². The van der Waals surface area contributed by atoms with E-state index in [1.165, 1.54) is 6.07 Å². The van der Waals surface area contributed by atoms with Gasteiger partial charge in [0, 0.05) is 25.7 Å². The zero-order valence-corrected chi connectivity index (χ0v) is 14.3. The molecule has 1 aromatic carbocycles. The summed E-state index contributed by atoms with van der Waals surface area (Å²) in [6.07, 6.45) is 0.952. The summed E-state index contributed by atoms with van der Waals surface area (Å²) in [6, 6.07) is 5.15. The number of ether oxygens (including phenoxy) is 1. The molecule has 2 rings (SSSR count). The van der Waals surface area contributed by atoms with Gasteiger partial charge in [0.15, 0.2) is 0 Å². The number of nitrogens with zero attached hydrogens (tertiary/aromatic N) is 1. The van der Waals surface area contributed by atoms with Gasteiger partial charge in [0.25, 0.3) is 0 Å². The molecule has 1 aliphatic heterocycles. The number of hydrogen-bond acceptors (Lipinski definition) is 3. The molecule has 22 heavy (non-hydrogen) atoms. The number of alkyl halides is 2. The first-order valence-corrected chi connectivity index (χ1v) is 7.37. The van der Waals surface area contributed by atoms with Crippen LogP contribution in [0.5, 0.6) is 5.75 Å². The van der Waals surface area contributed by atoms with Gasteiger partial charge in [-0.2, -0.15) is 8.78 Å². The lowest BCUT2D eigenvalue weighted by atomic mass is 9.79. The van der Waals surface area contributed by atoms with Crippen LogP contribution in [-0.2, 0) is 6.54 Å². The molecule has 1 saturated heterocycles. The van der Waals surface area contributed by atoms with Crippen molar-refractivity contribution in [3.63, 3.8) is 0 Å². The molecule has 0 amide bonds. The van der Waals surface area contributed by atoms with E-state index in [0.29, 0.717) is 0 Å². The first-order valence-electron chi connectivity index (χ1n) is 6.99. The molecule has 1 unspecified atom stereocenters. The Kier molecular flexibility index (Phi) is 6.86. The molecule has 1 aliphatic rings. The van der Waals surface area contributed by atoms with Gasteiger partial charge in [0.2, 0.25) is 0 Å². The number of hydrogen-bond donors (Lipinski definition) is 1. The predicted octanol–water partition coefficient (Wildman–Crippen LogP) is 3.92. The highest BCUT2D eigenvalue weighted by molar-refractivity contribution is 6.32. The number of rotatable bonds is 4. The third kappa shape index (κ3) is 4.95. The predicted molar refractivity (Wildman–Crippen MR) is 87.0 cm³/mol. The van der Waals surface area contributed by atoms with Gasteiger partial charge >= 0.3 is 6.61 Å². The summed E-state index contributed by atoms with van der Waals surface area (Å²) in [7, 11) is 0. The Hall–Kier alpha value is -0.620. The van der Waals surface area contributed by atoms with Gasteiger partial charge < -0.3 is 10.5 Å². The van der Waals surface area contributed by atoms with E-state index in [0.717, 1.165) is 31.6 Å². The smallest absolute Gasteiger partial charge is 0.387 e. The van der Waals surface area contributed by atoms with Crippen LogP contribution in [0.25, 0.3) is 0 Å². The van der Waals surface area contributed by atoms with Crippen LogP contribution in [0.2, 0.25) is 5.02 Å². The van der Waals surface area contributed by atoms with Crippen molar-refractivity contribution in [2.75, 3.05) is 13.1 Å². The molecule has 126 valence electrons. The molecule has 3 nitrogen and oxygen atoms in total. The summed E-state index contributed by atoms with van der Waals surface area (Å²) < 4.78 is 28.7. The Labute approximate surface area is 141 Å². The minimum absolute atomic E-state index is 0. The van der Waals surface area contributed by atoms with Crippen LogP contribution in [0, 0.1) is 5.41 Å². The summed E-state index contributed by atoms with van der Waals surface area (Å²) in [5.74, 6) is 0.0106. The lowest BCUT2D eigenvalue weighted by molar-refractivity contribution is -0.0498. The van der Waals surface area contributed by atoms with Crippen molar-refractivity contribution in [1.29, 1.82) is 0 Å². The Morgan fingerprint density at radius 1 is 1.45 bits per heavy atom. The second kappa shape index (κ2) is 7.77. The summed E-state index contributed by atoms with van der Waals surface area (Å²) in [5.41, 5.74) is 7.17. The van der Waals surface area contributed by atoms with Crippen LogP contribution >= 0.6 is 24.0 Å². The number of nitrogens with two attached hydrogens (primary N) is 1. The fourth-order valence-corrected chi connectivity index (χ4v) is 2.96. The largest absolute Gasteiger partial charge is 0.433 e. The summed E-state index contributed by atoms with van der Waals surface area (Å²) in [4.78, 5) is 2.31. The molecule has 0 aliphatic carbocycles. The SMILES string of the molecule is CC1(C)CN(Cc2ccc(OC(F)F)c(Cl)c2)CCC1N.Cl. The number of halogens is 4. The standard InChI is InChI=1S/C15H21ClF2N2O.ClH/c1-15(2)9-20(6-5-13(15)19)8-10-3-4-12(11(16)7-10)21-14(17)18;/h3-4,7,13-14H,5-6,8-9,19H2,1-2H3;1H. The van der Waals surface area contributed by atoms with Crippen molar-refractivity contribution in [3.05, 3.63) is 28.8 Å². The van der Waals surface area contributed by atoms with Crippen LogP contribution in [0.1, 0.15) is 25.8 Å². The van der Waals surface area contributed by atoms with Gasteiger partial charge in [-0.05, 0) is 29.5 Å². The number of benzene rings is 1. The fourth-order valence-electron chi connectivity index (χ4n) is 2.71. The van der Waals surface area contributed by atoms with E-state index in [4.69, 9.17) is 17.3 Å². The zero-order valence-electron chi connectivity index (χ0n) is 12.7. The summed E-state index contributed by atoms with van der Waals surface area (Å²) >= 11 is 5.97. The summed E-state index contributed by atoms with van der Waals surface area (Å²) in [5, 5.41) is 0.209. The molecule has 0 spiro atoms. The molecule has 0 bridgehead atoms. The van der Waals surface area contributed by atoms with Gasteiger partial charge in [-0.25, -0.2) is 0 Å². The molecular formula is C15H22Cl2F2N2O. The second-order valence-electron chi connectivity index (χ2n) is 6.24. The average Bonchev–Trinajstić information content (AvgIpc) is 2.36. The maximum absolute atomic E-state index is 12.2. The zero-order chi connectivity index (χ0) is 15.6. The Balaban J connectivity index is 0.00000242. The highest BCUT2D eigenvalue weighted by Gasteiger charge is 2.33. The molecular weight excluding hydrogens is 333 g/mol. The average molecular weight is 355 g/mol. The Morgan fingerprint density at radius 3 is 2.68 bits per heavy atom. The van der Waals surface area contributed by atoms with E-state index < -0.39 is 6.61 Å². The molecule has 0 saturated carbocycles. The van der Waals surface area contributed by atoms with Crippen molar-refractivity contribution in [2.45, 2.75) is 39.5 Å². The normalized spacial score (nSPS) is 21.5. The monoisotopic (exact) mass is 354 g/mol. The number of piperidine rings is 1. The second-order valence-corrected chi connectivity index (χ2v) is 6.64. The van der Waals surface area contributed by atoms with Crippen molar-refractivity contribution in [3.8, 4) is 5.75 Å². The van der Waals surface area contributed by atoms with E-state index in [-0.39, 0.29) is 34.6 Å². The lowest BCUT2D eigenvalue weighted by Gasteiger charge is -2.42. The molecule has 1 heterocycles. The Morgan fingerprint density at radius 2 is 2.14 bits per heavy atom. The fraction of sp³-hybridized carbons (Fsp3) is 0.600. The summed E-state index contributed by atoms with van der Waals surface area (Å²) in [6.45, 7) is 4.02. The first-order chi connectivity index (χ1) is 9.78. The van der Waals surface area contributed by atoms with Gasteiger partial charge in [-0.1, -0.05) is 31.5 Å². The third-order valence-corrected chi connectivity index (χ3v) is 4.31. The van der Waals surface area contributed by atoms with Gasteiger partial charge in [-0.15, -0.1) is 12.4 Å². The van der Waals surface area contributed by atoms with E-state index in [1.54, 1.807) is 12.1 Å². The van der Waals surface area contributed by atoms with Gasteiger partial charge in [0.05, 0.1) is 5.02 Å². The minimum atomic E-state index is -2.86. The van der Waals surface area contributed by atoms with E-state index in [1.807, 2.05) is 0 Å². The molecule has 1 fully saturated rings. The van der Waals surface area contributed by atoms with Crippen LogP contribution in [0.4, 0.5) is 8.78 Å².